The van der Waals surface area contributed by atoms with Crippen molar-refractivity contribution in [3.63, 3.8) is 0 Å². The van der Waals surface area contributed by atoms with Gasteiger partial charge in [-0.05, 0) is 6.07 Å². The van der Waals surface area contributed by atoms with Crippen LogP contribution >= 0.6 is 0 Å². The van der Waals surface area contributed by atoms with E-state index in [4.69, 9.17) is 4.74 Å². The Hall–Kier alpha value is -1.40. The van der Waals surface area contributed by atoms with Crippen molar-refractivity contribution >= 4 is 5.82 Å². The molecule has 94 valence electrons. The van der Waals surface area contributed by atoms with Gasteiger partial charge >= 0.3 is 0 Å². The van der Waals surface area contributed by atoms with Crippen LogP contribution in [0.3, 0.4) is 0 Å². The Morgan fingerprint density at radius 3 is 2.71 bits per heavy atom. The lowest BCUT2D eigenvalue weighted by atomic mass is 10.3. The minimum Gasteiger partial charge on any atom is -0.383 e. The van der Waals surface area contributed by atoms with Crippen molar-refractivity contribution in [1.82, 2.24) is 15.1 Å². The van der Waals surface area contributed by atoms with Gasteiger partial charge in [0.2, 0.25) is 0 Å². The fraction of sp³-hybridized carbons (Fsp3) is 0.636. The molecule has 0 radical (unpaired) electrons. The van der Waals surface area contributed by atoms with Crippen LogP contribution in [-0.2, 0) is 4.74 Å². The van der Waals surface area contributed by atoms with Gasteiger partial charge in [0.15, 0.2) is 0 Å². The van der Waals surface area contributed by atoms with Crippen LogP contribution in [0.4, 0.5) is 5.82 Å². The molecule has 0 aromatic carbocycles. The molecule has 1 aliphatic rings. The Labute approximate surface area is 100 Å². The quantitative estimate of drug-likeness (QED) is 0.769. The molecule has 1 saturated heterocycles. The zero-order valence-corrected chi connectivity index (χ0v) is 10.1. The number of ether oxygens (including phenoxy) is 1. The summed E-state index contributed by atoms with van der Waals surface area (Å²) < 4.78 is 5.06. The van der Waals surface area contributed by atoms with E-state index in [2.05, 4.69) is 20.0 Å². The van der Waals surface area contributed by atoms with Gasteiger partial charge in [0.1, 0.15) is 5.82 Å². The van der Waals surface area contributed by atoms with Gasteiger partial charge < -0.3 is 9.64 Å². The van der Waals surface area contributed by atoms with Crippen molar-refractivity contribution in [1.29, 1.82) is 0 Å². The van der Waals surface area contributed by atoms with Crippen LogP contribution < -0.4 is 10.5 Å². The van der Waals surface area contributed by atoms with E-state index in [0.717, 1.165) is 45.1 Å². The lowest BCUT2D eigenvalue weighted by Gasteiger charge is -2.34. The van der Waals surface area contributed by atoms with E-state index in [0.29, 0.717) is 0 Å². The molecule has 0 spiro atoms. The lowest BCUT2D eigenvalue weighted by Crippen LogP contribution is -2.47. The third-order valence-corrected chi connectivity index (χ3v) is 2.97. The molecule has 1 aromatic heterocycles. The summed E-state index contributed by atoms with van der Waals surface area (Å²) in [5, 5.41) is 6.50. The first-order valence-electron chi connectivity index (χ1n) is 5.81. The first-order chi connectivity index (χ1) is 8.29. The van der Waals surface area contributed by atoms with Crippen molar-refractivity contribution in [3.05, 3.63) is 22.5 Å². The SMILES string of the molecule is COCCN1CCN(c2ccc(=O)[nH]n2)CC1. The molecule has 0 bridgehead atoms. The Kier molecular flexibility index (Phi) is 4.11. The predicted octanol–water partition coefficient (Wildman–Crippen LogP) is -0.462. The van der Waals surface area contributed by atoms with E-state index in [-0.39, 0.29) is 5.56 Å². The third kappa shape index (κ3) is 3.28. The molecule has 0 unspecified atom stereocenters. The maximum absolute atomic E-state index is 10.9. The molecular formula is C11H18N4O2. The second-order valence-corrected chi connectivity index (χ2v) is 4.10. The van der Waals surface area contributed by atoms with Crippen LogP contribution in [0.25, 0.3) is 0 Å². The van der Waals surface area contributed by atoms with Crippen LogP contribution in [0, 0.1) is 0 Å². The number of hydrogen-bond donors (Lipinski definition) is 1. The van der Waals surface area contributed by atoms with Crippen LogP contribution in [-0.4, -0.2) is 61.5 Å². The topological polar surface area (TPSA) is 61.5 Å². The van der Waals surface area contributed by atoms with Gasteiger partial charge in [0, 0.05) is 45.9 Å². The van der Waals surface area contributed by atoms with Crippen molar-refractivity contribution in [2.45, 2.75) is 0 Å². The molecule has 1 N–H and O–H groups in total. The van der Waals surface area contributed by atoms with Crippen molar-refractivity contribution < 1.29 is 4.74 Å². The number of rotatable bonds is 4. The molecule has 2 heterocycles. The monoisotopic (exact) mass is 238 g/mol. The van der Waals surface area contributed by atoms with E-state index >= 15 is 0 Å². The van der Waals surface area contributed by atoms with Gasteiger partial charge in [0.25, 0.3) is 5.56 Å². The van der Waals surface area contributed by atoms with Crippen molar-refractivity contribution in [2.75, 3.05) is 51.3 Å². The van der Waals surface area contributed by atoms with Gasteiger partial charge in [-0.1, -0.05) is 0 Å². The van der Waals surface area contributed by atoms with E-state index in [1.54, 1.807) is 13.2 Å². The summed E-state index contributed by atoms with van der Waals surface area (Å²) in [7, 11) is 1.72. The van der Waals surface area contributed by atoms with Gasteiger partial charge in [0.05, 0.1) is 6.61 Å². The molecule has 0 atom stereocenters. The Morgan fingerprint density at radius 1 is 1.35 bits per heavy atom. The largest absolute Gasteiger partial charge is 0.383 e. The highest BCUT2D eigenvalue weighted by atomic mass is 16.5. The maximum atomic E-state index is 10.9. The summed E-state index contributed by atoms with van der Waals surface area (Å²) in [6, 6.07) is 3.28. The second-order valence-electron chi connectivity index (χ2n) is 4.10. The number of anilines is 1. The van der Waals surface area contributed by atoms with E-state index in [1.165, 1.54) is 6.07 Å². The molecular weight excluding hydrogens is 220 g/mol. The Bertz CT molecular complexity index is 378. The van der Waals surface area contributed by atoms with Gasteiger partial charge in [-0.2, -0.15) is 5.10 Å². The lowest BCUT2D eigenvalue weighted by molar-refractivity contribution is 0.144. The molecule has 6 nitrogen and oxygen atoms in total. The molecule has 1 fully saturated rings. The summed E-state index contributed by atoms with van der Waals surface area (Å²) in [6.07, 6.45) is 0. The van der Waals surface area contributed by atoms with Gasteiger partial charge in [-0.15, -0.1) is 0 Å². The average Bonchev–Trinajstić information content (AvgIpc) is 2.38. The highest BCUT2D eigenvalue weighted by Gasteiger charge is 2.17. The molecule has 2 rings (SSSR count). The fourth-order valence-corrected chi connectivity index (χ4v) is 1.93. The highest BCUT2D eigenvalue weighted by molar-refractivity contribution is 5.36. The Balaban J connectivity index is 1.86. The van der Waals surface area contributed by atoms with Crippen LogP contribution in [0.1, 0.15) is 0 Å². The number of aromatic nitrogens is 2. The minimum absolute atomic E-state index is 0.160. The number of nitrogens with one attached hydrogen (secondary N) is 1. The van der Waals surface area contributed by atoms with Crippen molar-refractivity contribution in [2.24, 2.45) is 0 Å². The number of piperazine rings is 1. The standard InChI is InChI=1S/C11H18N4O2/c1-17-9-8-14-4-6-15(7-5-14)10-2-3-11(16)13-12-10/h2-3H,4-9H2,1H3,(H,13,16). The molecule has 0 saturated carbocycles. The summed E-state index contributed by atoms with van der Waals surface area (Å²) in [4.78, 5) is 15.5. The molecule has 6 heteroatoms. The van der Waals surface area contributed by atoms with E-state index < -0.39 is 0 Å². The summed E-state index contributed by atoms with van der Waals surface area (Å²) >= 11 is 0. The highest BCUT2D eigenvalue weighted by Crippen LogP contribution is 2.10. The molecule has 1 aliphatic heterocycles. The molecule has 1 aromatic rings. The zero-order chi connectivity index (χ0) is 12.1. The minimum atomic E-state index is -0.160. The molecule has 0 aliphatic carbocycles. The summed E-state index contributed by atoms with van der Waals surface area (Å²) in [5.74, 6) is 0.844. The second kappa shape index (κ2) is 5.79. The van der Waals surface area contributed by atoms with Gasteiger partial charge in [-0.3, -0.25) is 9.69 Å². The number of nitrogens with zero attached hydrogens (tertiary/aromatic N) is 3. The summed E-state index contributed by atoms with van der Waals surface area (Å²) in [5.41, 5.74) is -0.160. The smallest absolute Gasteiger partial charge is 0.264 e. The van der Waals surface area contributed by atoms with Crippen LogP contribution in [0.15, 0.2) is 16.9 Å². The molecule has 17 heavy (non-hydrogen) atoms. The maximum Gasteiger partial charge on any atom is 0.264 e. The first kappa shape index (κ1) is 12.1. The number of hydrogen-bond acceptors (Lipinski definition) is 5. The van der Waals surface area contributed by atoms with Crippen LogP contribution in [0.2, 0.25) is 0 Å². The Morgan fingerprint density at radius 2 is 2.12 bits per heavy atom. The summed E-state index contributed by atoms with van der Waals surface area (Å²) in [6.45, 7) is 5.63. The number of aromatic amines is 1. The predicted molar refractivity (Wildman–Crippen MR) is 65.4 cm³/mol. The normalized spacial score (nSPS) is 17.4. The number of methoxy groups -OCH3 is 1. The zero-order valence-electron chi connectivity index (χ0n) is 10.1. The van der Waals surface area contributed by atoms with E-state index in [1.807, 2.05) is 0 Å². The fourth-order valence-electron chi connectivity index (χ4n) is 1.93. The van der Waals surface area contributed by atoms with Gasteiger partial charge in [-0.25, -0.2) is 5.10 Å². The third-order valence-electron chi connectivity index (χ3n) is 2.97. The molecule has 0 amide bonds. The van der Waals surface area contributed by atoms with E-state index in [9.17, 15) is 4.79 Å². The van der Waals surface area contributed by atoms with Crippen LogP contribution in [0.5, 0.6) is 0 Å². The number of H-pyrrole nitrogens is 1. The first-order valence-corrected chi connectivity index (χ1v) is 5.81. The average molecular weight is 238 g/mol. The van der Waals surface area contributed by atoms with Crippen molar-refractivity contribution in [3.8, 4) is 0 Å².